The molecule has 2 aromatic carbocycles. The predicted octanol–water partition coefficient (Wildman–Crippen LogP) is 5.50. The lowest BCUT2D eigenvalue weighted by Crippen LogP contribution is -2.43. The molecule has 0 unspecified atom stereocenters. The van der Waals surface area contributed by atoms with E-state index in [1.165, 1.54) is 16.3 Å². The Hall–Kier alpha value is -1.58. The normalized spacial score (nSPS) is 12.4. The molecular weight excluding hydrogens is 298 g/mol. The standard InChI is InChI=1S/C20H29NOSi/c1-7-14-21-15-16-12-13-19(18-11-9-8-10-17(16)18)22-23(5,6)20(2,3)4/h7-13,21H,1,14-15H2,2-6H3. The summed E-state index contributed by atoms with van der Waals surface area (Å²) < 4.78 is 6.56. The lowest BCUT2D eigenvalue weighted by molar-refractivity contribution is 0.496. The molecule has 2 nitrogen and oxygen atoms in total. The number of benzene rings is 2. The van der Waals surface area contributed by atoms with E-state index >= 15 is 0 Å². The van der Waals surface area contributed by atoms with Gasteiger partial charge in [0.15, 0.2) is 0 Å². The third-order valence-electron chi connectivity index (χ3n) is 4.75. The molecule has 0 saturated carbocycles. The Morgan fingerprint density at radius 2 is 1.74 bits per heavy atom. The van der Waals surface area contributed by atoms with E-state index in [-0.39, 0.29) is 5.04 Å². The highest BCUT2D eigenvalue weighted by molar-refractivity contribution is 6.74. The molecule has 0 fully saturated rings. The first kappa shape index (κ1) is 17.8. The van der Waals surface area contributed by atoms with E-state index in [0.717, 1.165) is 18.8 Å². The molecule has 0 atom stereocenters. The Kier molecular flexibility index (Phi) is 5.32. The molecule has 0 aliphatic rings. The van der Waals surface area contributed by atoms with Gasteiger partial charge < -0.3 is 9.74 Å². The summed E-state index contributed by atoms with van der Waals surface area (Å²) >= 11 is 0. The second-order valence-electron chi connectivity index (χ2n) is 7.55. The van der Waals surface area contributed by atoms with Crippen LogP contribution in [0.5, 0.6) is 5.75 Å². The Labute approximate surface area is 141 Å². The van der Waals surface area contributed by atoms with Crippen molar-refractivity contribution in [2.24, 2.45) is 0 Å². The zero-order valence-corrected chi connectivity index (χ0v) is 16.1. The van der Waals surface area contributed by atoms with Crippen LogP contribution in [0.15, 0.2) is 49.1 Å². The molecule has 2 aromatic rings. The van der Waals surface area contributed by atoms with Gasteiger partial charge in [0.25, 0.3) is 8.32 Å². The minimum atomic E-state index is -1.84. The maximum atomic E-state index is 6.56. The molecule has 0 bridgehead atoms. The summed E-state index contributed by atoms with van der Waals surface area (Å²) in [5.41, 5.74) is 1.30. The predicted molar refractivity (Wildman–Crippen MR) is 104 cm³/mol. The van der Waals surface area contributed by atoms with Gasteiger partial charge in [-0.1, -0.05) is 57.2 Å². The number of rotatable bonds is 6. The summed E-state index contributed by atoms with van der Waals surface area (Å²) in [4.78, 5) is 0. The molecule has 0 saturated heterocycles. The van der Waals surface area contributed by atoms with Crippen molar-refractivity contribution in [2.75, 3.05) is 6.54 Å². The molecule has 0 amide bonds. The monoisotopic (exact) mass is 327 g/mol. The quantitative estimate of drug-likeness (QED) is 0.430. The van der Waals surface area contributed by atoms with Crippen molar-refractivity contribution < 1.29 is 4.43 Å². The van der Waals surface area contributed by atoms with Crippen molar-refractivity contribution in [2.45, 2.75) is 45.4 Å². The van der Waals surface area contributed by atoms with Gasteiger partial charge in [0.2, 0.25) is 0 Å². The van der Waals surface area contributed by atoms with Crippen LogP contribution in [-0.2, 0) is 6.54 Å². The first-order chi connectivity index (χ1) is 10.8. The molecule has 0 aliphatic carbocycles. The Morgan fingerprint density at radius 1 is 1.09 bits per heavy atom. The summed E-state index contributed by atoms with van der Waals surface area (Å²) in [5, 5.41) is 6.05. The van der Waals surface area contributed by atoms with Crippen molar-refractivity contribution >= 4 is 19.1 Å². The van der Waals surface area contributed by atoms with Crippen LogP contribution >= 0.6 is 0 Å². The number of hydrogen-bond acceptors (Lipinski definition) is 2. The van der Waals surface area contributed by atoms with Crippen LogP contribution in [0.25, 0.3) is 10.8 Å². The van der Waals surface area contributed by atoms with Crippen LogP contribution < -0.4 is 9.74 Å². The molecule has 124 valence electrons. The van der Waals surface area contributed by atoms with Crippen molar-refractivity contribution in [3.05, 3.63) is 54.6 Å². The largest absolute Gasteiger partial charge is 0.543 e. The second kappa shape index (κ2) is 6.89. The smallest absolute Gasteiger partial charge is 0.250 e. The fraction of sp³-hybridized carbons (Fsp3) is 0.400. The van der Waals surface area contributed by atoms with Gasteiger partial charge in [0.1, 0.15) is 5.75 Å². The summed E-state index contributed by atoms with van der Waals surface area (Å²) in [6, 6.07) is 12.8. The van der Waals surface area contributed by atoms with E-state index in [1.54, 1.807) is 0 Å². The zero-order valence-electron chi connectivity index (χ0n) is 15.1. The average molecular weight is 328 g/mol. The Balaban J connectivity index is 2.40. The number of nitrogens with one attached hydrogen (secondary N) is 1. The van der Waals surface area contributed by atoms with Crippen molar-refractivity contribution in [3.8, 4) is 5.75 Å². The molecule has 0 aliphatic heterocycles. The lowest BCUT2D eigenvalue weighted by Gasteiger charge is -2.36. The maximum Gasteiger partial charge on any atom is 0.250 e. The minimum Gasteiger partial charge on any atom is -0.543 e. The molecule has 0 radical (unpaired) electrons. The molecule has 2 rings (SSSR count). The van der Waals surface area contributed by atoms with Gasteiger partial charge >= 0.3 is 0 Å². The average Bonchev–Trinajstić information content (AvgIpc) is 2.48. The fourth-order valence-corrected chi connectivity index (χ4v) is 3.35. The van der Waals surface area contributed by atoms with E-state index in [0.29, 0.717) is 0 Å². The highest BCUT2D eigenvalue weighted by Gasteiger charge is 2.39. The van der Waals surface area contributed by atoms with Gasteiger partial charge in [-0.25, -0.2) is 0 Å². The SMILES string of the molecule is C=CCNCc1ccc(O[Si](C)(C)C(C)(C)C)c2ccccc12. The van der Waals surface area contributed by atoms with Crippen LogP contribution in [0.1, 0.15) is 26.3 Å². The fourth-order valence-electron chi connectivity index (χ4n) is 2.31. The number of hydrogen-bond donors (Lipinski definition) is 1. The van der Waals surface area contributed by atoms with E-state index in [4.69, 9.17) is 4.43 Å². The van der Waals surface area contributed by atoms with Gasteiger partial charge in [-0.15, -0.1) is 6.58 Å². The third kappa shape index (κ3) is 4.04. The van der Waals surface area contributed by atoms with Gasteiger partial charge in [-0.3, -0.25) is 0 Å². The topological polar surface area (TPSA) is 21.3 Å². The van der Waals surface area contributed by atoms with Gasteiger partial charge in [-0.05, 0) is 35.1 Å². The van der Waals surface area contributed by atoms with Gasteiger partial charge in [-0.2, -0.15) is 0 Å². The minimum absolute atomic E-state index is 0.193. The van der Waals surface area contributed by atoms with E-state index < -0.39 is 8.32 Å². The Bertz CT molecular complexity index is 686. The molecule has 23 heavy (non-hydrogen) atoms. The summed E-state index contributed by atoms with van der Waals surface area (Å²) in [6.45, 7) is 16.8. The molecule has 0 spiro atoms. The van der Waals surface area contributed by atoms with Gasteiger partial charge in [0.05, 0.1) is 0 Å². The first-order valence-electron chi connectivity index (χ1n) is 8.27. The lowest BCUT2D eigenvalue weighted by atomic mass is 10.0. The van der Waals surface area contributed by atoms with Gasteiger partial charge in [0, 0.05) is 18.5 Å². The van der Waals surface area contributed by atoms with Crippen molar-refractivity contribution in [1.82, 2.24) is 5.32 Å². The van der Waals surface area contributed by atoms with Crippen LogP contribution in [0.2, 0.25) is 18.1 Å². The molecule has 0 aromatic heterocycles. The zero-order chi connectivity index (χ0) is 17.1. The first-order valence-corrected chi connectivity index (χ1v) is 11.2. The van der Waals surface area contributed by atoms with Crippen LogP contribution in [0.3, 0.4) is 0 Å². The third-order valence-corrected chi connectivity index (χ3v) is 9.09. The Morgan fingerprint density at radius 3 is 2.35 bits per heavy atom. The molecule has 1 N–H and O–H groups in total. The highest BCUT2D eigenvalue weighted by atomic mass is 28.4. The van der Waals surface area contributed by atoms with Crippen LogP contribution in [0.4, 0.5) is 0 Å². The molecule has 3 heteroatoms. The van der Waals surface area contributed by atoms with Crippen LogP contribution in [-0.4, -0.2) is 14.9 Å². The van der Waals surface area contributed by atoms with E-state index in [1.807, 2.05) is 6.08 Å². The molecular formula is C20H29NOSi. The maximum absolute atomic E-state index is 6.56. The summed E-state index contributed by atoms with van der Waals surface area (Å²) in [5.74, 6) is 1.01. The second-order valence-corrected chi connectivity index (χ2v) is 12.3. The van der Waals surface area contributed by atoms with Crippen LogP contribution in [0, 0.1) is 0 Å². The van der Waals surface area contributed by atoms with E-state index in [9.17, 15) is 0 Å². The summed E-state index contributed by atoms with van der Waals surface area (Å²) in [6.07, 6.45) is 1.89. The highest BCUT2D eigenvalue weighted by Crippen LogP contribution is 2.39. The molecule has 0 heterocycles. The van der Waals surface area contributed by atoms with Crippen molar-refractivity contribution in [1.29, 1.82) is 0 Å². The van der Waals surface area contributed by atoms with Crippen molar-refractivity contribution in [3.63, 3.8) is 0 Å². The number of fused-ring (bicyclic) bond motifs is 1. The van der Waals surface area contributed by atoms with E-state index in [2.05, 4.69) is 82.2 Å². The summed E-state index contributed by atoms with van der Waals surface area (Å²) in [7, 11) is -1.84.